The Morgan fingerprint density at radius 1 is 0.435 bits per heavy atom. The van der Waals surface area contributed by atoms with Crippen LogP contribution >= 0.6 is 22.7 Å². The highest BCUT2D eigenvalue weighted by molar-refractivity contribution is 7.26. The summed E-state index contributed by atoms with van der Waals surface area (Å²) >= 11 is 3.71. The Hall–Kier alpha value is -7.05. The monoisotopic (exact) mass is 829 g/mol. The minimum Gasteiger partial charge on any atom is -0.257 e. The number of fused-ring (bicyclic) bond motifs is 7. The van der Waals surface area contributed by atoms with Crippen molar-refractivity contribution in [1.29, 1.82) is 0 Å². The molecule has 3 aromatic heterocycles. The molecule has 62 heavy (non-hydrogen) atoms. The van der Waals surface area contributed by atoms with E-state index in [0.717, 1.165) is 45.7 Å². The van der Waals surface area contributed by atoms with Crippen molar-refractivity contribution in [3.8, 4) is 33.5 Å². The zero-order chi connectivity index (χ0) is 41.1. The molecule has 4 heterocycles. The number of amidine groups is 1. The molecule has 0 aliphatic carbocycles. The minimum atomic E-state index is -0.00108. The summed E-state index contributed by atoms with van der Waals surface area (Å²) < 4.78 is 5.15. The molecule has 11 aromatic rings. The molecule has 5 heteroatoms. The van der Waals surface area contributed by atoms with Crippen molar-refractivity contribution in [3.05, 3.63) is 211 Å². The van der Waals surface area contributed by atoms with E-state index in [0.29, 0.717) is 0 Å². The second-order valence-corrected chi connectivity index (χ2v) is 18.4. The number of aliphatic imine (C=N–C) groups is 2. The van der Waals surface area contributed by atoms with Gasteiger partial charge in [-0.1, -0.05) is 146 Å². The van der Waals surface area contributed by atoms with Crippen LogP contribution in [0.4, 0.5) is 0 Å². The summed E-state index contributed by atoms with van der Waals surface area (Å²) in [5.41, 5.74) is 12.5. The summed E-state index contributed by atoms with van der Waals surface area (Å²) in [5.74, 6) is 0.967. The zero-order valence-corrected chi connectivity index (χ0v) is 35.6. The molecule has 294 valence electrons. The van der Waals surface area contributed by atoms with Gasteiger partial charge in [0, 0.05) is 62.8 Å². The van der Waals surface area contributed by atoms with Crippen LogP contribution in [-0.4, -0.2) is 16.5 Å². The van der Waals surface area contributed by atoms with Crippen LogP contribution in [0.5, 0.6) is 0 Å². The Kier molecular flexibility index (Phi) is 8.98. The van der Waals surface area contributed by atoms with Crippen molar-refractivity contribution in [3.63, 3.8) is 0 Å². The Labute approximate surface area is 368 Å². The fraction of sp³-hybridized carbons (Fsp3) is 0.0702. The number of aromatic nitrogens is 1. The zero-order valence-electron chi connectivity index (χ0n) is 34.0. The van der Waals surface area contributed by atoms with Crippen LogP contribution in [0.25, 0.3) is 84.8 Å². The summed E-state index contributed by atoms with van der Waals surface area (Å²) in [6, 6.07) is 70.2. The first-order chi connectivity index (χ1) is 30.6. The summed E-state index contributed by atoms with van der Waals surface area (Å²) in [6.07, 6.45) is 0.943. The molecule has 0 spiro atoms. The van der Waals surface area contributed by atoms with Gasteiger partial charge in [-0.25, -0.2) is 9.98 Å². The van der Waals surface area contributed by atoms with Crippen LogP contribution in [0, 0.1) is 5.92 Å². The van der Waals surface area contributed by atoms with E-state index in [1.54, 1.807) is 0 Å². The molecule has 0 saturated carbocycles. The Bertz CT molecular complexity index is 3570. The van der Waals surface area contributed by atoms with E-state index in [9.17, 15) is 0 Å². The summed E-state index contributed by atoms with van der Waals surface area (Å²) in [7, 11) is 0. The molecule has 0 N–H and O–H groups in total. The number of rotatable bonds is 7. The number of pyridine rings is 1. The smallest absolute Gasteiger partial charge is 0.155 e. The van der Waals surface area contributed by atoms with Gasteiger partial charge in [-0.05, 0) is 94.4 Å². The number of hydrogen-bond acceptors (Lipinski definition) is 5. The summed E-state index contributed by atoms with van der Waals surface area (Å²) in [5, 5.41) is 6.27. The largest absolute Gasteiger partial charge is 0.257 e. The van der Waals surface area contributed by atoms with Gasteiger partial charge in [0.2, 0.25) is 0 Å². The lowest BCUT2D eigenvalue weighted by Gasteiger charge is -2.30. The average molecular weight is 830 g/mol. The standard InChI is InChI=1S/C57H39N3S2/c1-2-44-55(36-14-8-4-9-15-36)59-57(37-16-10-5-11-17-37)60-56(44)43-19-25-46-45-24-18-40(33-53(45)62-54(46)34-43)38-20-26-49-41(30-38)21-27-50(58-49)42-23-29-52-48(32-42)47-31-39(22-28-51(47)61-52)35-12-6-3-7-13-35/h3-34,44,55H,2H2,1H3. The topological polar surface area (TPSA) is 37.6 Å². The fourth-order valence-corrected chi connectivity index (χ4v) is 11.6. The lowest BCUT2D eigenvalue weighted by molar-refractivity contribution is 0.532. The van der Waals surface area contributed by atoms with Crippen molar-refractivity contribution < 1.29 is 0 Å². The van der Waals surface area contributed by atoms with Gasteiger partial charge in [0.05, 0.1) is 23.0 Å². The van der Waals surface area contributed by atoms with Crippen LogP contribution < -0.4 is 0 Å². The van der Waals surface area contributed by atoms with E-state index in [4.69, 9.17) is 15.0 Å². The Morgan fingerprint density at radius 2 is 1.00 bits per heavy atom. The van der Waals surface area contributed by atoms with Crippen molar-refractivity contribution in [1.82, 2.24) is 4.98 Å². The lowest BCUT2D eigenvalue weighted by Crippen LogP contribution is -2.28. The highest BCUT2D eigenvalue weighted by atomic mass is 32.1. The second kappa shape index (κ2) is 15.1. The van der Waals surface area contributed by atoms with Gasteiger partial charge in [0.15, 0.2) is 5.84 Å². The van der Waals surface area contributed by atoms with Gasteiger partial charge in [-0.3, -0.25) is 4.99 Å². The molecule has 2 atom stereocenters. The van der Waals surface area contributed by atoms with E-state index >= 15 is 0 Å². The van der Waals surface area contributed by atoms with Crippen LogP contribution in [0.2, 0.25) is 0 Å². The fourth-order valence-electron chi connectivity index (χ4n) is 9.30. The molecule has 0 saturated heterocycles. The third-order valence-corrected chi connectivity index (χ3v) is 14.8. The second-order valence-electron chi connectivity index (χ2n) is 16.2. The van der Waals surface area contributed by atoms with E-state index in [1.165, 1.54) is 73.7 Å². The first kappa shape index (κ1) is 36.8. The van der Waals surface area contributed by atoms with Gasteiger partial charge >= 0.3 is 0 Å². The van der Waals surface area contributed by atoms with Gasteiger partial charge in [-0.2, -0.15) is 0 Å². The molecule has 0 radical (unpaired) electrons. The van der Waals surface area contributed by atoms with Gasteiger partial charge in [0.1, 0.15) is 0 Å². The maximum atomic E-state index is 5.31. The molecular weight excluding hydrogens is 791 g/mol. The molecule has 12 rings (SSSR count). The Balaban J connectivity index is 0.862. The van der Waals surface area contributed by atoms with E-state index < -0.39 is 0 Å². The van der Waals surface area contributed by atoms with Crippen LogP contribution in [0.15, 0.2) is 204 Å². The predicted octanol–water partition coefficient (Wildman–Crippen LogP) is 16.0. The third kappa shape index (κ3) is 6.44. The third-order valence-electron chi connectivity index (χ3n) is 12.5. The lowest BCUT2D eigenvalue weighted by atomic mass is 9.83. The maximum Gasteiger partial charge on any atom is 0.155 e. The molecule has 8 aromatic carbocycles. The molecule has 1 aliphatic rings. The summed E-state index contributed by atoms with van der Waals surface area (Å²) in [6.45, 7) is 2.26. The minimum absolute atomic E-state index is 0.00108. The first-order valence-electron chi connectivity index (χ1n) is 21.3. The van der Waals surface area contributed by atoms with Gasteiger partial charge in [-0.15, -0.1) is 22.7 Å². The molecular formula is C57H39N3S2. The van der Waals surface area contributed by atoms with Crippen LogP contribution in [-0.2, 0) is 0 Å². The van der Waals surface area contributed by atoms with E-state index in [1.807, 2.05) is 28.7 Å². The average Bonchev–Trinajstić information content (AvgIpc) is 3.90. The maximum absolute atomic E-state index is 5.31. The van der Waals surface area contributed by atoms with Crippen molar-refractivity contribution in [2.24, 2.45) is 15.9 Å². The summed E-state index contributed by atoms with van der Waals surface area (Å²) in [4.78, 5) is 15.8. The Morgan fingerprint density at radius 3 is 1.73 bits per heavy atom. The molecule has 0 bridgehead atoms. The molecule has 0 amide bonds. The molecule has 0 fully saturated rings. The SMILES string of the molecule is CCC1C(c2ccc3c(c2)sc2cc(-c4ccc5nc(-c6ccc7sc8ccc(-c9ccccc9)cc8c7c6)ccc5c4)ccc23)=NC(c2ccccc2)=NC1c1ccccc1. The van der Waals surface area contributed by atoms with E-state index in [2.05, 4.69) is 195 Å². The van der Waals surface area contributed by atoms with Gasteiger partial charge in [0.25, 0.3) is 0 Å². The molecule has 3 nitrogen and oxygen atoms in total. The number of benzene rings is 8. The van der Waals surface area contributed by atoms with Crippen LogP contribution in [0.3, 0.4) is 0 Å². The molecule has 2 unspecified atom stereocenters. The highest BCUT2D eigenvalue weighted by Crippen LogP contribution is 2.42. The first-order valence-corrected chi connectivity index (χ1v) is 22.9. The molecule has 1 aliphatic heterocycles. The normalized spacial score (nSPS) is 15.4. The van der Waals surface area contributed by atoms with Crippen LogP contribution in [0.1, 0.15) is 36.1 Å². The van der Waals surface area contributed by atoms with Gasteiger partial charge < -0.3 is 0 Å². The number of thiophene rings is 2. The number of hydrogen-bond donors (Lipinski definition) is 0. The quantitative estimate of drug-likeness (QED) is 0.158. The van der Waals surface area contributed by atoms with E-state index in [-0.39, 0.29) is 12.0 Å². The van der Waals surface area contributed by atoms with Crippen molar-refractivity contribution >= 4 is 85.5 Å². The highest BCUT2D eigenvalue weighted by Gasteiger charge is 2.32. The number of nitrogens with zero attached hydrogens (tertiary/aromatic N) is 3. The predicted molar refractivity (Wildman–Crippen MR) is 266 cm³/mol. The van der Waals surface area contributed by atoms with Crippen molar-refractivity contribution in [2.45, 2.75) is 19.4 Å². The van der Waals surface area contributed by atoms with Crippen molar-refractivity contribution in [2.75, 3.05) is 0 Å².